The van der Waals surface area contributed by atoms with Crippen LogP contribution in [0.2, 0.25) is 0 Å². The minimum atomic E-state index is -0.766. The third kappa shape index (κ3) is 3.44. The van der Waals surface area contributed by atoms with Gasteiger partial charge in [-0.15, -0.1) is 0 Å². The van der Waals surface area contributed by atoms with Crippen LogP contribution in [0.15, 0.2) is 24.3 Å². The van der Waals surface area contributed by atoms with Gasteiger partial charge < -0.3 is 19.5 Å². The summed E-state index contributed by atoms with van der Waals surface area (Å²) < 4.78 is 10.5. The summed E-state index contributed by atoms with van der Waals surface area (Å²) in [6.07, 6.45) is 3.93. The molecule has 3 rings (SSSR count). The lowest BCUT2D eigenvalue weighted by atomic mass is 9.98. The monoisotopic (exact) mass is 333 g/mol. The number of carbonyl (C=O) groups is 2. The maximum Gasteiger partial charge on any atom is 0.316 e. The minimum absolute atomic E-state index is 0.0883. The molecule has 0 radical (unpaired) electrons. The van der Waals surface area contributed by atoms with Crippen molar-refractivity contribution in [2.75, 3.05) is 13.7 Å². The molecule has 2 aliphatic rings. The lowest BCUT2D eigenvalue weighted by Gasteiger charge is -2.36. The lowest BCUT2D eigenvalue weighted by molar-refractivity contribution is -0.155. The number of carbonyl (C=O) groups excluding carboxylic acids is 2. The van der Waals surface area contributed by atoms with Crippen LogP contribution in [0, 0.1) is 0 Å². The van der Waals surface area contributed by atoms with Crippen LogP contribution in [-0.2, 0) is 14.3 Å². The van der Waals surface area contributed by atoms with Crippen LogP contribution in [0.5, 0.6) is 5.75 Å². The van der Waals surface area contributed by atoms with Gasteiger partial charge in [0.2, 0.25) is 0 Å². The Morgan fingerprint density at radius 1 is 1.38 bits per heavy atom. The molecule has 24 heavy (non-hydrogen) atoms. The highest BCUT2D eigenvalue weighted by Gasteiger charge is 2.40. The molecule has 130 valence electrons. The van der Waals surface area contributed by atoms with Gasteiger partial charge in [-0.3, -0.25) is 9.59 Å². The second-order valence-corrected chi connectivity index (χ2v) is 6.60. The molecule has 2 bridgehead atoms. The van der Waals surface area contributed by atoms with Gasteiger partial charge in [-0.05, 0) is 50.4 Å². The molecule has 2 saturated heterocycles. The van der Waals surface area contributed by atoms with Crippen LogP contribution >= 0.6 is 0 Å². The van der Waals surface area contributed by atoms with Crippen molar-refractivity contribution in [3.8, 4) is 5.75 Å². The molecule has 2 heterocycles. The maximum atomic E-state index is 12.5. The number of ether oxygens (including phenoxy) is 2. The fraction of sp³-hybridized carbons (Fsp3) is 0.556. The lowest BCUT2D eigenvalue weighted by Crippen LogP contribution is -2.43. The number of hydrogen-bond donors (Lipinski definition) is 1. The molecule has 6 heteroatoms. The van der Waals surface area contributed by atoms with Crippen molar-refractivity contribution >= 4 is 12.4 Å². The number of rotatable bonds is 6. The number of esters is 1. The molecular weight excluding hydrogens is 310 g/mol. The molecule has 0 amide bonds. The molecule has 0 spiro atoms. The largest absolute Gasteiger partial charge is 0.462 e. The van der Waals surface area contributed by atoms with Gasteiger partial charge in [0.25, 0.3) is 6.47 Å². The predicted molar refractivity (Wildman–Crippen MR) is 86.6 cm³/mol. The first-order valence-corrected chi connectivity index (χ1v) is 8.36. The highest BCUT2D eigenvalue weighted by atomic mass is 16.5. The van der Waals surface area contributed by atoms with Gasteiger partial charge in [-0.2, -0.15) is 0 Å². The molecule has 0 saturated carbocycles. The SMILES string of the molecule is CN1C2CCC1CC(OC(=O)C(CO)c1cccc(OC=O)c1)C2. The summed E-state index contributed by atoms with van der Waals surface area (Å²) in [5.74, 6) is -0.849. The number of aliphatic hydroxyl groups excluding tert-OH is 1. The Morgan fingerprint density at radius 2 is 2.08 bits per heavy atom. The van der Waals surface area contributed by atoms with Gasteiger partial charge in [0.05, 0.1) is 6.61 Å². The van der Waals surface area contributed by atoms with E-state index in [0.29, 0.717) is 29.9 Å². The Kier molecular flexibility index (Phi) is 5.16. The third-order valence-corrected chi connectivity index (χ3v) is 5.25. The number of piperidine rings is 1. The predicted octanol–water partition coefficient (Wildman–Crippen LogP) is 1.47. The van der Waals surface area contributed by atoms with E-state index in [2.05, 4.69) is 11.9 Å². The number of hydrogen-bond acceptors (Lipinski definition) is 6. The molecule has 0 aliphatic carbocycles. The van der Waals surface area contributed by atoms with Gasteiger partial charge in [0.15, 0.2) is 0 Å². The van der Waals surface area contributed by atoms with Gasteiger partial charge in [0.1, 0.15) is 17.8 Å². The molecule has 6 nitrogen and oxygen atoms in total. The van der Waals surface area contributed by atoms with Crippen molar-refractivity contribution in [2.24, 2.45) is 0 Å². The van der Waals surface area contributed by atoms with Crippen LogP contribution in [0.4, 0.5) is 0 Å². The van der Waals surface area contributed by atoms with Crippen LogP contribution in [-0.4, -0.2) is 54.3 Å². The number of aliphatic hydroxyl groups is 1. The molecule has 2 aliphatic heterocycles. The fourth-order valence-electron chi connectivity index (χ4n) is 3.88. The van der Waals surface area contributed by atoms with Crippen molar-refractivity contribution in [3.05, 3.63) is 29.8 Å². The molecule has 1 N–H and O–H groups in total. The van der Waals surface area contributed by atoms with E-state index in [0.717, 1.165) is 25.7 Å². The first kappa shape index (κ1) is 16.9. The highest BCUT2D eigenvalue weighted by Crippen LogP contribution is 2.36. The average molecular weight is 333 g/mol. The Labute approximate surface area is 141 Å². The van der Waals surface area contributed by atoms with E-state index < -0.39 is 11.9 Å². The van der Waals surface area contributed by atoms with E-state index in [1.165, 1.54) is 0 Å². The van der Waals surface area contributed by atoms with Crippen molar-refractivity contribution in [2.45, 2.75) is 49.8 Å². The molecule has 2 fully saturated rings. The molecule has 0 aromatic heterocycles. The summed E-state index contributed by atoms with van der Waals surface area (Å²) in [5, 5.41) is 9.64. The summed E-state index contributed by atoms with van der Waals surface area (Å²) in [7, 11) is 2.13. The molecule has 1 aromatic carbocycles. The van der Waals surface area contributed by atoms with Crippen LogP contribution in [0.25, 0.3) is 0 Å². The normalized spacial score (nSPS) is 27.5. The minimum Gasteiger partial charge on any atom is -0.462 e. The topological polar surface area (TPSA) is 76.1 Å². The van der Waals surface area contributed by atoms with Crippen molar-refractivity contribution in [3.63, 3.8) is 0 Å². The second-order valence-electron chi connectivity index (χ2n) is 6.60. The summed E-state index contributed by atoms with van der Waals surface area (Å²) in [6.45, 7) is -0.0114. The van der Waals surface area contributed by atoms with Gasteiger partial charge >= 0.3 is 5.97 Å². The van der Waals surface area contributed by atoms with Gasteiger partial charge in [0, 0.05) is 12.1 Å². The Bertz CT molecular complexity index is 591. The molecule has 3 unspecified atom stereocenters. The first-order valence-electron chi connectivity index (χ1n) is 8.36. The summed E-state index contributed by atoms with van der Waals surface area (Å²) >= 11 is 0. The smallest absolute Gasteiger partial charge is 0.316 e. The van der Waals surface area contributed by atoms with Gasteiger partial charge in [-0.1, -0.05) is 12.1 Å². The van der Waals surface area contributed by atoms with Crippen molar-refractivity contribution in [1.29, 1.82) is 0 Å². The number of nitrogens with zero attached hydrogens (tertiary/aromatic N) is 1. The average Bonchev–Trinajstić information content (AvgIpc) is 2.78. The fourth-order valence-corrected chi connectivity index (χ4v) is 3.88. The van der Waals surface area contributed by atoms with Crippen LogP contribution in [0.1, 0.15) is 37.2 Å². The quantitative estimate of drug-likeness (QED) is 0.627. The maximum absolute atomic E-state index is 12.5. The van der Waals surface area contributed by atoms with Crippen molar-refractivity contribution in [1.82, 2.24) is 4.90 Å². The molecular formula is C18H23NO5. The second kappa shape index (κ2) is 7.32. The van der Waals surface area contributed by atoms with E-state index in [-0.39, 0.29) is 12.7 Å². The van der Waals surface area contributed by atoms with E-state index in [9.17, 15) is 14.7 Å². The highest BCUT2D eigenvalue weighted by molar-refractivity contribution is 5.78. The van der Waals surface area contributed by atoms with E-state index in [4.69, 9.17) is 9.47 Å². The molecule has 3 atom stereocenters. The standard InChI is InChI=1S/C18H23NO5/c1-19-13-5-6-14(19)9-16(8-13)24-18(22)17(10-20)12-3-2-4-15(7-12)23-11-21/h2-4,7,11,13-14,16-17,20H,5-6,8-10H2,1H3. The zero-order valence-corrected chi connectivity index (χ0v) is 13.8. The Hall–Kier alpha value is -1.92. The summed E-state index contributed by atoms with van der Waals surface area (Å²) in [5.41, 5.74) is 0.581. The summed E-state index contributed by atoms with van der Waals surface area (Å²) in [4.78, 5) is 25.4. The Balaban J connectivity index is 1.66. The first-order chi connectivity index (χ1) is 11.6. The third-order valence-electron chi connectivity index (χ3n) is 5.25. The zero-order valence-electron chi connectivity index (χ0n) is 13.8. The number of fused-ring (bicyclic) bond motifs is 2. The van der Waals surface area contributed by atoms with Crippen LogP contribution in [0.3, 0.4) is 0 Å². The number of benzene rings is 1. The molecule has 1 aromatic rings. The van der Waals surface area contributed by atoms with Gasteiger partial charge in [-0.25, -0.2) is 0 Å². The zero-order chi connectivity index (χ0) is 17.1. The van der Waals surface area contributed by atoms with Crippen molar-refractivity contribution < 1.29 is 24.2 Å². The summed E-state index contributed by atoms with van der Waals surface area (Å²) in [6, 6.07) is 7.57. The van der Waals surface area contributed by atoms with E-state index >= 15 is 0 Å². The van der Waals surface area contributed by atoms with Crippen LogP contribution < -0.4 is 4.74 Å². The van der Waals surface area contributed by atoms with E-state index in [1.807, 2.05) is 0 Å². The Morgan fingerprint density at radius 3 is 2.71 bits per heavy atom. The van der Waals surface area contributed by atoms with E-state index in [1.54, 1.807) is 24.3 Å².